The topological polar surface area (TPSA) is 80.0 Å². The molecule has 1 aromatic heterocycles. The van der Waals surface area contributed by atoms with Gasteiger partial charge in [-0.15, -0.1) is 5.10 Å². The molecule has 1 aromatic carbocycles. The Balaban J connectivity index is 1.97. The van der Waals surface area contributed by atoms with Crippen LogP contribution in [0.3, 0.4) is 0 Å². The predicted octanol–water partition coefficient (Wildman–Crippen LogP) is 1.41. The van der Waals surface area contributed by atoms with E-state index in [1.807, 2.05) is 13.0 Å². The molecule has 1 heterocycles. The molecule has 0 radical (unpaired) electrons. The first-order chi connectivity index (χ1) is 9.58. The number of nitrogens with zero attached hydrogens (tertiary/aromatic N) is 3. The first-order valence-corrected chi connectivity index (χ1v) is 6.52. The van der Waals surface area contributed by atoms with Crippen LogP contribution in [0.25, 0.3) is 0 Å². The van der Waals surface area contributed by atoms with Crippen molar-refractivity contribution >= 4 is 23.2 Å². The molecule has 0 aliphatic heterocycles. The standard InChI is InChI=1S/C13H15ClN4O2/c1-9-2-3-12(11(14)6-9)15-13(20)8-18-7-10(4-5-19)16-17-18/h2-3,6-7,19H,4-5,8H2,1H3,(H,15,20). The van der Waals surface area contributed by atoms with E-state index < -0.39 is 0 Å². The second-order valence-corrected chi connectivity index (χ2v) is 4.82. The van der Waals surface area contributed by atoms with Crippen molar-refractivity contribution in [1.29, 1.82) is 0 Å². The fraction of sp³-hybridized carbons (Fsp3) is 0.308. The maximum Gasteiger partial charge on any atom is 0.246 e. The Morgan fingerprint density at radius 3 is 3.00 bits per heavy atom. The summed E-state index contributed by atoms with van der Waals surface area (Å²) in [4.78, 5) is 11.9. The average Bonchev–Trinajstić information content (AvgIpc) is 2.81. The van der Waals surface area contributed by atoms with Crippen LogP contribution >= 0.6 is 11.6 Å². The molecule has 0 unspecified atom stereocenters. The average molecular weight is 295 g/mol. The Morgan fingerprint density at radius 1 is 1.50 bits per heavy atom. The number of hydrogen-bond donors (Lipinski definition) is 2. The summed E-state index contributed by atoms with van der Waals surface area (Å²) in [5.74, 6) is -0.240. The molecule has 2 rings (SSSR count). The number of nitrogens with one attached hydrogen (secondary N) is 1. The summed E-state index contributed by atoms with van der Waals surface area (Å²) < 4.78 is 1.42. The summed E-state index contributed by atoms with van der Waals surface area (Å²) >= 11 is 6.04. The van der Waals surface area contributed by atoms with E-state index in [0.717, 1.165) is 5.56 Å². The van der Waals surface area contributed by atoms with E-state index in [0.29, 0.717) is 22.8 Å². The fourth-order valence-electron chi connectivity index (χ4n) is 1.70. The van der Waals surface area contributed by atoms with Crippen molar-refractivity contribution < 1.29 is 9.90 Å². The number of amides is 1. The first kappa shape index (κ1) is 14.5. The van der Waals surface area contributed by atoms with Crippen LogP contribution < -0.4 is 5.32 Å². The molecule has 106 valence electrons. The number of carbonyl (C=O) groups excluding carboxylic acids is 1. The molecule has 0 fully saturated rings. The molecule has 0 atom stereocenters. The van der Waals surface area contributed by atoms with Crippen molar-refractivity contribution in [3.63, 3.8) is 0 Å². The molecule has 0 aliphatic rings. The zero-order valence-electron chi connectivity index (χ0n) is 11.0. The zero-order chi connectivity index (χ0) is 14.5. The minimum Gasteiger partial charge on any atom is -0.396 e. The predicted molar refractivity (Wildman–Crippen MR) is 75.6 cm³/mol. The number of aryl methyl sites for hydroxylation is 1. The Morgan fingerprint density at radius 2 is 2.30 bits per heavy atom. The van der Waals surface area contributed by atoms with Crippen molar-refractivity contribution in [3.05, 3.63) is 40.7 Å². The van der Waals surface area contributed by atoms with Gasteiger partial charge in [-0.05, 0) is 24.6 Å². The number of rotatable bonds is 5. The van der Waals surface area contributed by atoms with Crippen LogP contribution in [0.1, 0.15) is 11.3 Å². The van der Waals surface area contributed by atoms with E-state index in [4.69, 9.17) is 16.7 Å². The highest BCUT2D eigenvalue weighted by atomic mass is 35.5. The molecule has 0 aliphatic carbocycles. The van der Waals surface area contributed by atoms with Crippen LogP contribution in [-0.4, -0.2) is 32.6 Å². The SMILES string of the molecule is Cc1ccc(NC(=O)Cn2cc(CCO)nn2)c(Cl)c1. The molecule has 20 heavy (non-hydrogen) atoms. The lowest BCUT2D eigenvalue weighted by atomic mass is 10.2. The molecule has 6 nitrogen and oxygen atoms in total. The second-order valence-electron chi connectivity index (χ2n) is 4.41. The Hall–Kier alpha value is -1.92. The van der Waals surface area contributed by atoms with Gasteiger partial charge >= 0.3 is 0 Å². The van der Waals surface area contributed by atoms with Gasteiger partial charge in [0.1, 0.15) is 6.54 Å². The van der Waals surface area contributed by atoms with Gasteiger partial charge in [-0.2, -0.15) is 0 Å². The fourth-order valence-corrected chi connectivity index (χ4v) is 1.99. The molecule has 2 aromatic rings. The van der Waals surface area contributed by atoms with Crippen molar-refractivity contribution in [2.75, 3.05) is 11.9 Å². The monoisotopic (exact) mass is 294 g/mol. The lowest BCUT2D eigenvalue weighted by Crippen LogP contribution is -2.19. The number of anilines is 1. The van der Waals surface area contributed by atoms with Gasteiger partial charge in [-0.3, -0.25) is 4.79 Å². The first-order valence-electron chi connectivity index (χ1n) is 6.14. The summed E-state index contributed by atoms with van der Waals surface area (Å²) in [5.41, 5.74) is 2.24. The molecule has 0 saturated heterocycles. The number of benzene rings is 1. The number of carbonyl (C=O) groups is 1. The highest BCUT2D eigenvalue weighted by Gasteiger charge is 2.08. The minimum atomic E-state index is -0.240. The molecule has 2 N–H and O–H groups in total. The number of aromatic nitrogens is 3. The van der Waals surface area contributed by atoms with Gasteiger partial charge in [0.05, 0.1) is 16.4 Å². The van der Waals surface area contributed by atoms with Gasteiger partial charge in [0.2, 0.25) is 5.91 Å². The largest absolute Gasteiger partial charge is 0.396 e. The minimum absolute atomic E-state index is 0.00383. The highest BCUT2D eigenvalue weighted by molar-refractivity contribution is 6.33. The number of aliphatic hydroxyl groups is 1. The van der Waals surface area contributed by atoms with Gasteiger partial charge in [-0.1, -0.05) is 22.9 Å². The van der Waals surface area contributed by atoms with Gasteiger partial charge in [0, 0.05) is 19.2 Å². The third-order valence-corrected chi connectivity index (χ3v) is 2.97. The van der Waals surface area contributed by atoms with E-state index in [1.54, 1.807) is 18.3 Å². The molecule has 0 saturated carbocycles. The van der Waals surface area contributed by atoms with Crippen LogP contribution in [-0.2, 0) is 17.8 Å². The lowest BCUT2D eigenvalue weighted by Gasteiger charge is -2.07. The van der Waals surface area contributed by atoms with Crippen molar-refractivity contribution in [2.45, 2.75) is 19.9 Å². The van der Waals surface area contributed by atoms with Gasteiger partial charge < -0.3 is 10.4 Å². The van der Waals surface area contributed by atoms with E-state index in [-0.39, 0.29) is 19.1 Å². The quantitative estimate of drug-likeness (QED) is 0.874. The van der Waals surface area contributed by atoms with Gasteiger partial charge in [0.15, 0.2) is 0 Å². The van der Waals surface area contributed by atoms with Gasteiger partial charge in [0.25, 0.3) is 0 Å². The maximum absolute atomic E-state index is 11.9. The summed E-state index contributed by atoms with van der Waals surface area (Å²) in [6.45, 7) is 1.97. The Kier molecular flexibility index (Phi) is 4.70. The third kappa shape index (κ3) is 3.79. The van der Waals surface area contributed by atoms with E-state index in [2.05, 4.69) is 15.6 Å². The number of halogens is 1. The highest BCUT2D eigenvalue weighted by Crippen LogP contribution is 2.22. The zero-order valence-corrected chi connectivity index (χ0v) is 11.8. The van der Waals surface area contributed by atoms with Crippen molar-refractivity contribution in [3.8, 4) is 0 Å². The van der Waals surface area contributed by atoms with Crippen LogP contribution in [0.4, 0.5) is 5.69 Å². The van der Waals surface area contributed by atoms with Crippen LogP contribution in [0.5, 0.6) is 0 Å². The summed E-state index contributed by atoms with van der Waals surface area (Å²) in [6, 6.07) is 5.41. The summed E-state index contributed by atoms with van der Waals surface area (Å²) in [5, 5.41) is 19.7. The molecular weight excluding hydrogens is 280 g/mol. The number of aliphatic hydroxyl groups excluding tert-OH is 1. The normalized spacial score (nSPS) is 10.6. The lowest BCUT2D eigenvalue weighted by molar-refractivity contribution is -0.116. The number of hydrogen-bond acceptors (Lipinski definition) is 4. The Labute approximate surface area is 121 Å². The summed E-state index contributed by atoms with van der Waals surface area (Å²) in [6.07, 6.45) is 2.05. The molecular formula is C13H15ClN4O2. The molecule has 7 heteroatoms. The second kappa shape index (κ2) is 6.49. The van der Waals surface area contributed by atoms with E-state index in [9.17, 15) is 4.79 Å². The third-order valence-electron chi connectivity index (χ3n) is 2.66. The maximum atomic E-state index is 11.9. The molecule has 0 bridgehead atoms. The molecule has 1 amide bonds. The van der Waals surface area contributed by atoms with E-state index >= 15 is 0 Å². The summed E-state index contributed by atoms with van der Waals surface area (Å²) in [7, 11) is 0. The van der Waals surface area contributed by atoms with Crippen molar-refractivity contribution in [1.82, 2.24) is 15.0 Å². The van der Waals surface area contributed by atoms with E-state index in [1.165, 1.54) is 4.68 Å². The van der Waals surface area contributed by atoms with Crippen LogP contribution in [0.15, 0.2) is 24.4 Å². The Bertz CT molecular complexity index is 612. The van der Waals surface area contributed by atoms with Crippen molar-refractivity contribution in [2.24, 2.45) is 0 Å². The smallest absolute Gasteiger partial charge is 0.246 e. The van der Waals surface area contributed by atoms with Crippen LogP contribution in [0, 0.1) is 6.92 Å². The van der Waals surface area contributed by atoms with Gasteiger partial charge in [-0.25, -0.2) is 4.68 Å². The van der Waals surface area contributed by atoms with Crippen LogP contribution in [0.2, 0.25) is 5.02 Å². The molecule has 0 spiro atoms.